The van der Waals surface area contributed by atoms with Crippen molar-refractivity contribution in [3.8, 4) is 0 Å². The number of aryl methyl sites for hydroxylation is 1. The normalized spacial score (nSPS) is 12.6. The van der Waals surface area contributed by atoms with E-state index in [4.69, 9.17) is 5.73 Å². The molecule has 2 N–H and O–H groups in total. The fourth-order valence-electron chi connectivity index (χ4n) is 2.18. The number of hydrogen-bond donors (Lipinski definition) is 1. The quantitative estimate of drug-likeness (QED) is 0.863. The van der Waals surface area contributed by atoms with Crippen LogP contribution in [0.4, 0.5) is 4.39 Å². The molecule has 1 aromatic heterocycles. The van der Waals surface area contributed by atoms with Gasteiger partial charge in [-0.1, -0.05) is 18.2 Å². The zero-order valence-electron chi connectivity index (χ0n) is 11.1. The summed E-state index contributed by atoms with van der Waals surface area (Å²) >= 11 is 0. The van der Waals surface area contributed by atoms with Crippen LogP contribution in [-0.4, -0.2) is 21.3 Å². The summed E-state index contributed by atoms with van der Waals surface area (Å²) in [7, 11) is 0. The summed E-state index contributed by atoms with van der Waals surface area (Å²) in [4.78, 5) is 4.24. The lowest BCUT2D eigenvalue weighted by Gasteiger charge is -2.15. The molecule has 0 fully saturated rings. The number of halogens is 1. The molecule has 0 bridgehead atoms. The molecule has 19 heavy (non-hydrogen) atoms. The first-order valence-electron chi connectivity index (χ1n) is 6.54. The molecule has 0 saturated heterocycles. The van der Waals surface area contributed by atoms with E-state index in [0.717, 1.165) is 18.8 Å². The third kappa shape index (κ3) is 3.38. The third-order valence-electron chi connectivity index (χ3n) is 3.27. The molecule has 0 aliphatic heterocycles. The topological polar surface area (TPSA) is 56.7 Å². The minimum atomic E-state index is -0.169. The molecule has 102 valence electrons. The Labute approximate surface area is 112 Å². The van der Waals surface area contributed by atoms with Gasteiger partial charge in [0.2, 0.25) is 0 Å². The minimum Gasteiger partial charge on any atom is -0.330 e. The van der Waals surface area contributed by atoms with Crippen molar-refractivity contribution in [3.05, 3.63) is 47.8 Å². The van der Waals surface area contributed by atoms with Gasteiger partial charge in [-0.15, -0.1) is 0 Å². The summed E-state index contributed by atoms with van der Waals surface area (Å²) in [6, 6.07) is 6.84. The van der Waals surface area contributed by atoms with Crippen molar-refractivity contribution in [3.63, 3.8) is 0 Å². The Balaban J connectivity index is 2.07. The van der Waals surface area contributed by atoms with Gasteiger partial charge in [-0.05, 0) is 37.4 Å². The molecule has 2 aromatic rings. The van der Waals surface area contributed by atoms with Crippen LogP contribution in [0, 0.1) is 11.7 Å². The zero-order valence-corrected chi connectivity index (χ0v) is 11.1. The van der Waals surface area contributed by atoms with Gasteiger partial charge in [0.1, 0.15) is 18.0 Å². The van der Waals surface area contributed by atoms with E-state index in [0.29, 0.717) is 18.5 Å². The van der Waals surface area contributed by atoms with Crippen LogP contribution in [0.25, 0.3) is 0 Å². The van der Waals surface area contributed by atoms with Crippen LogP contribution in [0.3, 0.4) is 0 Å². The second-order valence-corrected chi connectivity index (χ2v) is 4.59. The molecule has 1 atom stereocenters. The van der Waals surface area contributed by atoms with Crippen LogP contribution >= 0.6 is 0 Å². The Kier molecular flexibility index (Phi) is 4.63. The van der Waals surface area contributed by atoms with Crippen molar-refractivity contribution in [2.75, 3.05) is 6.54 Å². The molecule has 0 radical (unpaired) electrons. The molecular weight excluding hydrogens is 243 g/mol. The average molecular weight is 262 g/mol. The van der Waals surface area contributed by atoms with Crippen molar-refractivity contribution in [1.29, 1.82) is 0 Å². The fraction of sp³-hybridized carbons (Fsp3) is 0.429. The molecule has 0 aliphatic rings. The number of nitrogens with two attached hydrogens (primary N) is 1. The van der Waals surface area contributed by atoms with Crippen molar-refractivity contribution in [2.45, 2.75) is 26.3 Å². The Morgan fingerprint density at radius 1 is 1.32 bits per heavy atom. The van der Waals surface area contributed by atoms with Gasteiger partial charge in [0, 0.05) is 13.0 Å². The molecular formula is C14H19FN4. The van der Waals surface area contributed by atoms with Crippen LogP contribution in [0.2, 0.25) is 0 Å². The van der Waals surface area contributed by atoms with Gasteiger partial charge >= 0.3 is 0 Å². The van der Waals surface area contributed by atoms with Gasteiger partial charge in [-0.3, -0.25) is 4.68 Å². The smallest absolute Gasteiger partial charge is 0.138 e. The van der Waals surface area contributed by atoms with Crippen LogP contribution in [0.15, 0.2) is 30.6 Å². The predicted octanol–water partition coefficient (Wildman–Crippen LogP) is 1.80. The summed E-state index contributed by atoms with van der Waals surface area (Å²) in [6.45, 7) is 3.31. The highest BCUT2D eigenvalue weighted by Gasteiger charge is 2.14. The van der Waals surface area contributed by atoms with Gasteiger partial charge in [-0.2, -0.15) is 5.10 Å². The van der Waals surface area contributed by atoms with E-state index in [1.807, 2.05) is 23.7 Å². The second kappa shape index (κ2) is 6.43. The molecule has 1 heterocycles. The van der Waals surface area contributed by atoms with Crippen molar-refractivity contribution >= 4 is 0 Å². The SMILES string of the molecule is CCn1ncnc1CC(CN)Cc1ccccc1F. The summed E-state index contributed by atoms with van der Waals surface area (Å²) in [6.07, 6.45) is 2.90. The van der Waals surface area contributed by atoms with Gasteiger partial charge in [0.25, 0.3) is 0 Å². The largest absolute Gasteiger partial charge is 0.330 e. The van der Waals surface area contributed by atoms with E-state index in [1.54, 1.807) is 12.4 Å². The molecule has 2 rings (SSSR count). The average Bonchev–Trinajstić information content (AvgIpc) is 2.87. The summed E-state index contributed by atoms with van der Waals surface area (Å²) < 4.78 is 15.5. The molecule has 5 heteroatoms. The van der Waals surface area contributed by atoms with Crippen LogP contribution in [0.5, 0.6) is 0 Å². The number of rotatable bonds is 6. The number of aromatic nitrogens is 3. The molecule has 4 nitrogen and oxygen atoms in total. The minimum absolute atomic E-state index is 0.169. The van der Waals surface area contributed by atoms with Crippen molar-refractivity contribution in [1.82, 2.24) is 14.8 Å². The number of nitrogens with zero attached hydrogens (tertiary/aromatic N) is 3. The van der Waals surface area contributed by atoms with Crippen LogP contribution in [-0.2, 0) is 19.4 Å². The van der Waals surface area contributed by atoms with Gasteiger partial charge < -0.3 is 5.73 Å². The first kappa shape index (κ1) is 13.7. The lowest BCUT2D eigenvalue weighted by molar-refractivity contribution is 0.480. The predicted molar refractivity (Wildman–Crippen MR) is 72.0 cm³/mol. The lowest BCUT2D eigenvalue weighted by atomic mass is 9.95. The van der Waals surface area contributed by atoms with E-state index < -0.39 is 0 Å². The Morgan fingerprint density at radius 2 is 2.11 bits per heavy atom. The van der Waals surface area contributed by atoms with E-state index in [1.165, 1.54) is 6.07 Å². The number of hydrogen-bond acceptors (Lipinski definition) is 3. The summed E-state index contributed by atoms with van der Waals surface area (Å²) in [5.41, 5.74) is 6.51. The molecule has 1 unspecified atom stereocenters. The molecule has 1 aromatic carbocycles. The van der Waals surface area contributed by atoms with Crippen LogP contribution < -0.4 is 5.73 Å². The molecule has 0 aliphatic carbocycles. The van der Waals surface area contributed by atoms with Gasteiger partial charge in [0.05, 0.1) is 0 Å². The Bertz CT molecular complexity index is 524. The van der Waals surface area contributed by atoms with E-state index in [-0.39, 0.29) is 11.7 Å². The monoisotopic (exact) mass is 262 g/mol. The lowest BCUT2D eigenvalue weighted by Crippen LogP contribution is -2.22. The molecule has 0 saturated carbocycles. The van der Waals surface area contributed by atoms with Gasteiger partial charge in [0.15, 0.2) is 0 Å². The first-order chi connectivity index (χ1) is 9.24. The first-order valence-corrected chi connectivity index (χ1v) is 6.54. The highest BCUT2D eigenvalue weighted by atomic mass is 19.1. The van der Waals surface area contributed by atoms with E-state index in [2.05, 4.69) is 10.1 Å². The van der Waals surface area contributed by atoms with Crippen molar-refractivity contribution < 1.29 is 4.39 Å². The molecule has 0 amide bonds. The Morgan fingerprint density at radius 3 is 2.79 bits per heavy atom. The van der Waals surface area contributed by atoms with Gasteiger partial charge in [-0.25, -0.2) is 9.37 Å². The van der Waals surface area contributed by atoms with E-state index >= 15 is 0 Å². The molecule has 0 spiro atoms. The zero-order chi connectivity index (χ0) is 13.7. The maximum atomic E-state index is 13.6. The fourth-order valence-corrected chi connectivity index (χ4v) is 2.18. The summed E-state index contributed by atoms with van der Waals surface area (Å²) in [5.74, 6) is 0.915. The highest BCUT2D eigenvalue weighted by molar-refractivity contribution is 5.18. The maximum Gasteiger partial charge on any atom is 0.138 e. The van der Waals surface area contributed by atoms with E-state index in [9.17, 15) is 4.39 Å². The standard InChI is InChI=1S/C14H19FN4/c1-2-19-14(17-10-18-19)8-11(9-16)7-12-5-3-4-6-13(12)15/h3-6,10-11H,2,7-9,16H2,1H3. The second-order valence-electron chi connectivity index (χ2n) is 4.59. The Hall–Kier alpha value is -1.75. The van der Waals surface area contributed by atoms with Crippen LogP contribution in [0.1, 0.15) is 18.3 Å². The number of benzene rings is 1. The maximum absolute atomic E-state index is 13.6. The third-order valence-corrected chi connectivity index (χ3v) is 3.27. The highest BCUT2D eigenvalue weighted by Crippen LogP contribution is 2.15. The summed E-state index contributed by atoms with van der Waals surface area (Å²) in [5, 5.41) is 4.14. The van der Waals surface area contributed by atoms with Crippen molar-refractivity contribution in [2.24, 2.45) is 11.7 Å².